The summed E-state index contributed by atoms with van der Waals surface area (Å²) in [5, 5.41) is 8.44. The van der Waals surface area contributed by atoms with Gasteiger partial charge in [0.15, 0.2) is 17.5 Å². The molecule has 13 rings (SSSR count). The standard InChI is InChI=1S/C58H35N5S/c1-4-15-37(16-5-1)54-45-32-34-51-53(52(45)44-22-10-12-25-48(44)59-54)46-24-14-23-42(55(46)64-51)36-27-29-39(30-28-36)57-60-56(38-17-6-2-7-18-38)61-58(62-57)40-31-33-50-47(35-40)43-21-11-13-26-49(43)63(50)41-19-8-3-9-20-41/h1-35H. The molecule has 0 aliphatic carbocycles. The van der Waals surface area contributed by atoms with Gasteiger partial charge >= 0.3 is 0 Å². The van der Waals surface area contributed by atoms with Crippen molar-refractivity contribution in [2.75, 3.05) is 0 Å². The average molecular weight is 834 g/mol. The minimum Gasteiger partial charge on any atom is -0.309 e. The number of fused-ring (bicyclic) bond motifs is 10. The Morgan fingerprint density at radius 2 is 0.922 bits per heavy atom. The van der Waals surface area contributed by atoms with Gasteiger partial charge < -0.3 is 4.57 Å². The smallest absolute Gasteiger partial charge is 0.164 e. The molecular formula is C58H35N5S. The summed E-state index contributed by atoms with van der Waals surface area (Å²) in [6, 6.07) is 74.9. The Balaban J connectivity index is 0.939. The zero-order chi connectivity index (χ0) is 42.1. The first kappa shape index (κ1) is 36.3. The Morgan fingerprint density at radius 1 is 0.344 bits per heavy atom. The van der Waals surface area contributed by atoms with Crippen LogP contribution in [0.2, 0.25) is 0 Å². The van der Waals surface area contributed by atoms with E-state index in [2.05, 4.69) is 199 Å². The van der Waals surface area contributed by atoms with Crippen molar-refractivity contribution in [1.29, 1.82) is 0 Å². The van der Waals surface area contributed by atoms with Gasteiger partial charge in [-0.25, -0.2) is 19.9 Å². The first-order valence-corrected chi connectivity index (χ1v) is 22.3. The zero-order valence-electron chi connectivity index (χ0n) is 34.4. The van der Waals surface area contributed by atoms with Crippen molar-refractivity contribution in [1.82, 2.24) is 24.5 Å². The molecule has 0 bridgehead atoms. The van der Waals surface area contributed by atoms with E-state index in [-0.39, 0.29) is 0 Å². The molecular weight excluding hydrogens is 799 g/mol. The van der Waals surface area contributed by atoms with Gasteiger partial charge in [-0.05, 0) is 59.7 Å². The van der Waals surface area contributed by atoms with Gasteiger partial charge in [0.1, 0.15) is 0 Å². The summed E-state index contributed by atoms with van der Waals surface area (Å²) in [4.78, 5) is 20.6. The highest BCUT2D eigenvalue weighted by Gasteiger charge is 2.20. The summed E-state index contributed by atoms with van der Waals surface area (Å²) >= 11 is 1.85. The molecule has 0 amide bonds. The number of thiophene rings is 1. The van der Waals surface area contributed by atoms with E-state index in [4.69, 9.17) is 19.9 Å². The van der Waals surface area contributed by atoms with Gasteiger partial charge in [0.2, 0.25) is 0 Å². The highest BCUT2D eigenvalue weighted by atomic mass is 32.1. The Kier molecular flexibility index (Phi) is 8.32. The largest absolute Gasteiger partial charge is 0.309 e. The third-order valence-electron chi connectivity index (χ3n) is 12.4. The van der Waals surface area contributed by atoms with E-state index >= 15 is 0 Å². The van der Waals surface area contributed by atoms with E-state index in [0.29, 0.717) is 17.5 Å². The molecule has 0 fully saturated rings. The Labute approximate surface area is 372 Å². The molecule has 6 heteroatoms. The predicted molar refractivity (Wildman–Crippen MR) is 267 cm³/mol. The van der Waals surface area contributed by atoms with Crippen LogP contribution in [0.4, 0.5) is 0 Å². The maximum Gasteiger partial charge on any atom is 0.164 e. The van der Waals surface area contributed by atoms with Crippen molar-refractivity contribution in [2.24, 2.45) is 0 Å². The monoisotopic (exact) mass is 833 g/mol. The number of aromatic nitrogens is 5. The van der Waals surface area contributed by atoms with Crippen LogP contribution in [-0.4, -0.2) is 24.5 Å². The van der Waals surface area contributed by atoms with Crippen molar-refractivity contribution in [2.45, 2.75) is 0 Å². The fraction of sp³-hybridized carbons (Fsp3) is 0. The Bertz CT molecular complexity index is 3930. The third kappa shape index (κ3) is 5.84. The maximum absolute atomic E-state index is 5.21. The quantitative estimate of drug-likeness (QED) is 0.157. The molecule has 0 N–H and O–H groups in total. The van der Waals surface area contributed by atoms with Gasteiger partial charge in [0.05, 0.1) is 22.2 Å². The summed E-state index contributed by atoms with van der Waals surface area (Å²) in [6.07, 6.45) is 0. The molecule has 0 spiro atoms. The summed E-state index contributed by atoms with van der Waals surface area (Å²) in [5.74, 6) is 1.90. The van der Waals surface area contributed by atoms with Crippen LogP contribution in [0, 0.1) is 0 Å². The molecule has 64 heavy (non-hydrogen) atoms. The molecule has 4 heterocycles. The number of rotatable bonds is 6. The lowest BCUT2D eigenvalue weighted by Gasteiger charge is -2.12. The molecule has 9 aromatic carbocycles. The second-order valence-corrected chi connectivity index (χ2v) is 17.2. The van der Waals surface area contributed by atoms with Crippen molar-refractivity contribution >= 4 is 75.0 Å². The summed E-state index contributed by atoms with van der Waals surface area (Å²) in [5.41, 5.74) is 11.7. The minimum atomic E-state index is 0.628. The van der Waals surface area contributed by atoms with Crippen LogP contribution in [-0.2, 0) is 0 Å². The van der Waals surface area contributed by atoms with Crippen LogP contribution in [0.1, 0.15) is 0 Å². The second kappa shape index (κ2) is 14.7. The van der Waals surface area contributed by atoms with Crippen molar-refractivity contribution in [3.05, 3.63) is 212 Å². The second-order valence-electron chi connectivity index (χ2n) is 16.2. The molecule has 0 unspecified atom stereocenters. The lowest BCUT2D eigenvalue weighted by Crippen LogP contribution is -2.00. The van der Waals surface area contributed by atoms with E-state index in [0.717, 1.165) is 66.5 Å². The molecule has 0 saturated heterocycles. The van der Waals surface area contributed by atoms with E-state index < -0.39 is 0 Å². The van der Waals surface area contributed by atoms with Gasteiger partial charge in [0.25, 0.3) is 0 Å². The van der Waals surface area contributed by atoms with E-state index in [1.165, 1.54) is 41.9 Å². The normalized spacial score (nSPS) is 11.8. The van der Waals surface area contributed by atoms with Crippen LogP contribution >= 0.6 is 11.3 Å². The van der Waals surface area contributed by atoms with Crippen LogP contribution in [0.25, 0.3) is 126 Å². The molecule has 4 aromatic heterocycles. The molecule has 0 aliphatic rings. The van der Waals surface area contributed by atoms with Crippen LogP contribution < -0.4 is 0 Å². The number of benzene rings is 9. The van der Waals surface area contributed by atoms with Crippen LogP contribution in [0.5, 0.6) is 0 Å². The first-order valence-electron chi connectivity index (χ1n) is 21.5. The third-order valence-corrected chi connectivity index (χ3v) is 13.6. The van der Waals surface area contributed by atoms with Crippen LogP contribution in [0.15, 0.2) is 212 Å². The minimum absolute atomic E-state index is 0.628. The highest BCUT2D eigenvalue weighted by molar-refractivity contribution is 7.26. The first-order chi connectivity index (χ1) is 31.7. The summed E-state index contributed by atoms with van der Waals surface area (Å²) in [7, 11) is 0. The van der Waals surface area contributed by atoms with E-state index in [9.17, 15) is 0 Å². The van der Waals surface area contributed by atoms with Gasteiger partial charge in [-0.1, -0.05) is 164 Å². The van der Waals surface area contributed by atoms with Gasteiger partial charge in [-0.3, -0.25) is 0 Å². The molecule has 13 aromatic rings. The molecule has 0 saturated carbocycles. The maximum atomic E-state index is 5.21. The molecule has 0 atom stereocenters. The zero-order valence-corrected chi connectivity index (χ0v) is 35.2. The van der Waals surface area contributed by atoms with E-state index in [1.54, 1.807) is 0 Å². The van der Waals surface area contributed by atoms with Crippen molar-refractivity contribution in [3.8, 4) is 62.2 Å². The number of nitrogens with zero attached hydrogens (tertiary/aromatic N) is 5. The topological polar surface area (TPSA) is 56.5 Å². The number of para-hydroxylation sites is 3. The lowest BCUT2D eigenvalue weighted by molar-refractivity contribution is 1.07. The SMILES string of the molecule is c1ccc(-c2nc(-c3ccc(-c4cccc5c4sc4ccc6c(-c7ccccc7)nc7ccccc7c6c45)cc3)nc(-c3ccc4c(c3)c3ccccc3n4-c3ccccc3)n2)cc1. The Hall–Kier alpha value is -8.32. The number of hydrogen-bond donors (Lipinski definition) is 0. The Morgan fingerprint density at radius 3 is 1.69 bits per heavy atom. The highest BCUT2D eigenvalue weighted by Crippen LogP contribution is 2.46. The van der Waals surface area contributed by atoms with E-state index in [1.807, 2.05) is 29.5 Å². The van der Waals surface area contributed by atoms with Gasteiger partial charge in [-0.15, -0.1) is 11.3 Å². The summed E-state index contributed by atoms with van der Waals surface area (Å²) < 4.78 is 4.85. The fourth-order valence-electron chi connectivity index (χ4n) is 9.49. The van der Waals surface area contributed by atoms with Crippen molar-refractivity contribution in [3.63, 3.8) is 0 Å². The number of hydrogen-bond acceptors (Lipinski definition) is 5. The number of pyridine rings is 1. The van der Waals surface area contributed by atoms with Gasteiger partial charge in [0, 0.05) is 75.0 Å². The fourth-order valence-corrected chi connectivity index (χ4v) is 10.7. The van der Waals surface area contributed by atoms with Gasteiger partial charge in [-0.2, -0.15) is 0 Å². The van der Waals surface area contributed by atoms with Crippen molar-refractivity contribution < 1.29 is 0 Å². The molecule has 0 radical (unpaired) electrons. The molecule has 0 aliphatic heterocycles. The lowest BCUT2D eigenvalue weighted by atomic mass is 9.95. The average Bonchev–Trinajstić information content (AvgIpc) is 3.93. The van der Waals surface area contributed by atoms with Crippen LogP contribution in [0.3, 0.4) is 0 Å². The summed E-state index contributed by atoms with van der Waals surface area (Å²) in [6.45, 7) is 0. The predicted octanol–water partition coefficient (Wildman–Crippen LogP) is 15.4. The molecule has 298 valence electrons. The molecule has 5 nitrogen and oxygen atoms in total.